The monoisotopic (exact) mass is 256 g/mol. The number of likely N-dealkylation sites (N-methyl/N-ethyl adjacent to an activating group) is 1. The van der Waals surface area contributed by atoms with Gasteiger partial charge in [0.15, 0.2) is 0 Å². The van der Waals surface area contributed by atoms with Crippen LogP contribution in [0.25, 0.3) is 0 Å². The van der Waals surface area contributed by atoms with Gasteiger partial charge in [0, 0.05) is 18.8 Å². The van der Waals surface area contributed by atoms with Crippen molar-refractivity contribution in [3.05, 3.63) is 59.9 Å². The van der Waals surface area contributed by atoms with Gasteiger partial charge in [-0.15, -0.1) is 0 Å². The van der Waals surface area contributed by atoms with Crippen LogP contribution in [-0.2, 0) is 17.8 Å². The largest absolute Gasteiger partial charge is 0.508 e. The Hall–Kier alpha value is -2.36. The molecule has 0 aliphatic rings. The first kappa shape index (κ1) is 13.1. The van der Waals surface area contributed by atoms with Crippen molar-refractivity contribution in [1.82, 2.24) is 9.88 Å². The molecule has 0 radical (unpaired) electrons. The van der Waals surface area contributed by atoms with Crippen LogP contribution in [0.15, 0.2) is 48.7 Å². The molecule has 2 aromatic rings. The highest BCUT2D eigenvalue weighted by atomic mass is 16.3. The summed E-state index contributed by atoms with van der Waals surface area (Å²) < 4.78 is 0. The summed E-state index contributed by atoms with van der Waals surface area (Å²) >= 11 is 0. The summed E-state index contributed by atoms with van der Waals surface area (Å²) in [6.07, 6.45) is 1.90. The number of pyridine rings is 1. The normalized spacial score (nSPS) is 10.2. The number of para-hydroxylation sites is 1. The number of carbonyl (C=O) groups excluding carboxylic acids is 1. The third kappa shape index (κ3) is 3.55. The lowest BCUT2D eigenvalue weighted by atomic mass is 10.1. The van der Waals surface area contributed by atoms with Crippen LogP contribution >= 0.6 is 0 Å². The summed E-state index contributed by atoms with van der Waals surface area (Å²) in [4.78, 5) is 17.8. The molecule has 0 aliphatic heterocycles. The summed E-state index contributed by atoms with van der Waals surface area (Å²) in [7, 11) is 1.73. The number of aromatic nitrogens is 1. The Morgan fingerprint density at radius 1 is 1.21 bits per heavy atom. The highest BCUT2D eigenvalue weighted by molar-refractivity contribution is 5.79. The van der Waals surface area contributed by atoms with Crippen molar-refractivity contribution in [2.75, 3.05) is 7.05 Å². The number of aromatic hydroxyl groups is 1. The van der Waals surface area contributed by atoms with Crippen molar-refractivity contribution in [1.29, 1.82) is 0 Å². The molecule has 0 bridgehead atoms. The average molecular weight is 256 g/mol. The standard InChI is InChI=1S/C15H16N2O2/c1-17(11-13-7-4-5-9-16-13)15(19)10-12-6-2-3-8-14(12)18/h2-9,18H,10-11H2,1H3. The molecule has 0 saturated carbocycles. The van der Waals surface area contributed by atoms with Crippen LogP contribution in [0.3, 0.4) is 0 Å². The topological polar surface area (TPSA) is 53.4 Å². The number of hydrogen-bond acceptors (Lipinski definition) is 3. The Morgan fingerprint density at radius 3 is 2.63 bits per heavy atom. The highest BCUT2D eigenvalue weighted by Gasteiger charge is 2.12. The maximum atomic E-state index is 12.1. The van der Waals surface area contributed by atoms with Crippen molar-refractivity contribution >= 4 is 5.91 Å². The van der Waals surface area contributed by atoms with Crippen LogP contribution < -0.4 is 0 Å². The van der Waals surface area contributed by atoms with Crippen molar-refractivity contribution < 1.29 is 9.90 Å². The molecule has 19 heavy (non-hydrogen) atoms. The molecule has 1 aromatic carbocycles. The first-order valence-electron chi connectivity index (χ1n) is 6.07. The van der Waals surface area contributed by atoms with Crippen molar-refractivity contribution in [3.8, 4) is 5.75 Å². The molecule has 0 saturated heterocycles. The number of amides is 1. The van der Waals surface area contributed by atoms with Crippen LogP contribution in [0.1, 0.15) is 11.3 Å². The maximum Gasteiger partial charge on any atom is 0.227 e. The minimum absolute atomic E-state index is 0.0489. The fraction of sp³-hybridized carbons (Fsp3) is 0.200. The van der Waals surface area contributed by atoms with E-state index in [1.165, 1.54) is 0 Å². The van der Waals surface area contributed by atoms with E-state index in [0.717, 1.165) is 5.69 Å². The lowest BCUT2D eigenvalue weighted by molar-refractivity contribution is -0.129. The van der Waals surface area contributed by atoms with Gasteiger partial charge in [0.1, 0.15) is 5.75 Å². The minimum Gasteiger partial charge on any atom is -0.508 e. The number of phenolic OH excluding ortho intramolecular Hbond substituents is 1. The third-order valence-electron chi connectivity index (χ3n) is 2.88. The van der Waals surface area contributed by atoms with Crippen molar-refractivity contribution in [3.63, 3.8) is 0 Å². The molecular weight excluding hydrogens is 240 g/mol. The van der Waals surface area contributed by atoms with Gasteiger partial charge in [0.05, 0.1) is 18.7 Å². The fourth-order valence-corrected chi connectivity index (χ4v) is 1.78. The molecule has 0 spiro atoms. The number of rotatable bonds is 4. The second-order valence-corrected chi connectivity index (χ2v) is 4.38. The number of benzene rings is 1. The molecular formula is C15H16N2O2. The maximum absolute atomic E-state index is 12.1. The molecule has 1 heterocycles. The second kappa shape index (κ2) is 6.00. The molecule has 98 valence electrons. The molecule has 2 rings (SSSR count). The van der Waals surface area contributed by atoms with Gasteiger partial charge in [-0.25, -0.2) is 0 Å². The smallest absolute Gasteiger partial charge is 0.227 e. The van der Waals surface area contributed by atoms with Gasteiger partial charge in [-0.05, 0) is 18.2 Å². The van der Waals surface area contributed by atoms with Crippen LogP contribution in [0.4, 0.5) is 0 Å². The Bertz CT molecular complexity index is 555. The van der Waals surface area contributed by atoms with Gasteiger partial charge >= 0.3 is 0 Å². The third-order valence-corrected chi connectivity index (χ3v) is 2.88. The average Bonchev–Trinajstić information content (AvgIpc) is 2.42. The first-order valence-corrected chi connectivity index (χ1v) is 6.07. The molecule has 0 aliphatic carbocycles. The first-order chi connectivity index (χ1) is 9.16. The van der Waals surface area contributed by atoms with E-state index in [1.807, 2.05) is 18.2 Å². The van der Waals surface area contributed by atoms with Crippen molar-refractivity contribution in [2.24, 2.45) is 0 Å². The molecule has 1 aromatic heterocycles. The zero-order valence-corrected chi connectivity index (χ0v) is 10.8. The molecule has 0 unspecified atom stereocenters. The summed E-state index contributed by atoms with van der Waals surface area (Å²) in [5, 5.41) is 9.65. The lowest BCUT2D eigenvalue weighted by Gasteiger charge is -2.17. The van der Waals surface area contributed by atoms with E-state index < -0.39 is 0 Å². The molecule has 4 nitrogen and oxygen atoms in total. The van der Waals surface area contributed by atoms with Crippen LogP contribution in [0.2, 0.25) is 0 Å². The van der Waals surface area contributed by atoms with Crippen LogP contribution in [-0.4, -0.2) is 27.9 Å². The van der Waals surface area contributed by atoms with Crippen LogP contribution in [0, 0.1) is 0 Å². The van der Waals surface area contributed by atoms with Gasteiger partial charge in [-0.1, -0.05) is 24.3 Å². The van der Waals surface area contributed by atoms with E-state index in [0.29, 0.717) is 12.1 Å². The summed E-state index contributed by atoms with van der Waals surface area (Å²) in [6.45, 7) is 0.466. The Balaban J connectivity index is 1.99. The van der Waals surface area contributed by atoms with Crippen LogP contribution in [0.5, 0.6) is 5.75 Å². The van der Waals surface area contributed by atoms with Gasteiger partial charge in [0.2, 0.25) is 5.91 Å². The predicted molar refractivity (Wildman–Crippen MR) is 72.5 cm³/mol. The molecule has 1 N–H and O–H groups in total. The van der Waals surface area contributed by atoms with E-state index in [4.69, 9.17) is 0 Å². The second-order valence-electron chi connectivity index (χ2n) is 4.38. The van der Waals surface area contributed by atoms with E-state index in [-0.39, 0.29) is 18.1 Å². The SMILES string of the molecule is CN(Cc1ccccn1)C(=O)Cc1ccccc1O. The summed E-state index contributed by atoms with van der Waals surface area (Å²) in [5.41, 5.74) is 1.48. The zero-order chi connectivity index (χ0) is 13.7. The number of carbonyl (C=O) groups is 1. The van der Waals surface area contributed by atoms with Crippen molar-refractivity contribution in [2.45, 2.75) is 13.0 Å². The van der Waals surface area contributed by atoms with Gasteiger partial charge in [0.25, 0.3) is 0 Å². The Kier molecular flexibility index (Phi) is 4.13. The van der Waals surface area contributed by atoms with E-state index in [1.54, 1.807) is 42.4 Å². The quantitative estimate of drug-likeness (QED) is 0.910. The predicted octanol–water partition coefficient (Wildman–Crippen LogP) is 1.99. The Morgan fingerprint density at radius 2 is 1.95 bits per heavy atom. The molecule has 0 atom stereocenters. The Labute approximate surface area is 112 Å². The molecule has 0 fully saturated rings. The minimum atomic E-state index is -0.0489. The number of phenols is 1. The van der Waals surface area contributed by atoms with Gasteiger partial charge in [-0.2, -0.15) is 0 Å². The van der Waals surface area contributed by atoms with E-state index in [2.05, 4.69) is 4.98 Å². The van der Waals surface area contributed by atoms with E-state index >= 15 is 0 Å². The lowest BCUT2D eigenvalue weighted by Crippen LogP contribution is -2.28. The van der Waals surface area contributed by atoms with E-state index in [9.17, 15) is 9.90 Å². The molecule has 1 amide bonds. The number of nitrogens with zero attached hydrogens (tertiary/aromatic N) is 2. The highest BCUT2D eigenvalue weighted by Crippen LogP contribution is 2.16. The summed E-state index contributed by atoms with van der Waals surface area (Å²) in [6, 6.07) is 12.5. The summed E-state index contributed by atoms with van der Waals surface area (Å²) in [5.74, 6) is 0.106. The fourth-order valence-electron chi connectivity index (χ4n) is 1.78. The van der Waals surface area contributed by atoms with Gasteiger partial charge < -0.3 is 10.0 Å². The van der Waals surface area contributed by atoms with Gasteiger partial charge in [-0.3, -0.25) is 9.78 Å². The molecule has 4 heteroatoms. The number of hydrogen-bond donors (Lipinski definition) is 1. The zero-order valence-electron chi connectivity index (χ0n) is 10.8.